The largest absolute Gasteiger partial charge is 0.353 e. The number of hydrogen-bond acceptors (Lipinski definition) is 7. The quantitative estimate of drug-likeness (QED) is 0.0342. The molecule has 400 valence electrons. The average molecular weight is 952 g/mol. The monoisotopic (exact) mass is 951 g/mol. The Morgan fingerprint density at radius 1 is 0.254 bits per heavy atom. The van der Waals surface area contributed by atoms with Crippen molar-refractivity contribution in [3.63, 3.8) is 0 Å². The highest BCUT2D eigenvalue weighted by atomic mass is 16.8. The molecule has 0 radical (unpaired) electrons. The van der Waals surface area contributed by atoms with Crippen LogP contribution in [0.15, 0.2) is 24.3 Å². The van der Waals surface area contributed by atoms with E-state index in [1.807, 2.05) is 0 Å². The zero-order valence-electron chi connectivity index (χ0n) is 46.0. The van der Waals surface area contributed by atoms with E-state index in [0.717, 1.165) is 90.6 Å². The Hall–Kier alpha value is -0.800. The highest BCUT2D eigenvalue weighted by molar-refractivity contribution is 4.89. The number of allylic oxidation sites excluding steroid dienone is 2. The lowest BCUT2D eigenvalue weighted by atomic mass is 10.1. The first-order chi connectivity index (χ1) is 33.1. The number of unbranched alkanes of at least 4 members (excludes halogenated alkanes) is 30. The third-order valence-corrected chi connectivity index (χ3v) is 12.7. The molecule has 0 heterocycles. The molecule has 7 nitrogen and oxygen atoms in total. The molecule has 2 atom stereocenters. The van der Waals surface area contributed by atoms with Gasteiger partial charge >= 0.3 is 0 Å². The molecule has 2 unspecified atom stereocenters. The number of rotatable bonds is 58. The third-order valence-electron chi connectivity index (χ3n) is 12.7. The molecule has 0 amide bonds. The molecule has 67 heavy (non-hydrogen) atoms. The summed E-state index contributed by atoms with van der Waals surface area (Å²) in [4.78, 5) is 0. The van der Waals surface area contributed by atoms with Crippen molar-refractivity contribution in [1.82, 2.24) is 0 Å². The fourth-order valence-corrected chi connectivity index (χ4v) is 8.32. The molecular weight excluding hydrogens is 833 g/mol. The van der Waals surface area contributed by atoms with E-state index in [1.54, 1.807) is 0 Å². The molecule has 0 bridgehead atoms. The smallest absolute Gasteiger partial charge is 0.180 e. The highest BCUT2D eigenvalue weighted by Gasteiger charge is 2.14. The van der Waals surface area contributed by atoms with Gasteiger partial charge in [-0.05, 0) is 102 Å². The van der Waals surface area contributed by atoms with Gasteiger partial charge in [-0.2, -0.15) is 0 Å². The van der Waals surface area contributed by atoms with Crippen molar-refractivity contribution in [2.75, 3.05) is 39.6 Å². The van der Waals surface area contributed by atoms with Crippen LogP contribution in [0.5, 0.6) is 0 Å². The van der Waals surface area contributed by atoms with Gasteiger partial charge in [0.1, 0.15) is 0 Å². The molecule has 0 aliphatic carbocycles. The lowest BCUT2D eigenvalue weighted by molar-refractivity contribution is -0.207. The predicted octanol–water partition coefficient (Wildman–Crippen LogP) is 19.2. The molecule has 0 saturated carbocycles. The minimum absolute atomic E-state index is 0.00206. The van der Waals surface area contributed by atoms with Crippen molar-refractivity contribution in [2.45, 2.75) is 324 Å². The van der Waals surface area contributed by atoms with E-state index in [4.69, 9.17) is 33.2 Å². The molecule has 0 aromatic rings. The normalized spacial score (nSPS) is 13.1. The van der Waals surface area contributed by atoms with Gasteiger partial charge in [0.05, 0.1) is 0 Å². The van der Waals surface area contributed by atoms with E-state index >= 15 is 0 Å². The second kappa shape index (κ2) is 57.8. The van der Waals surface area contributed by atoms with Crippen LogP contribution in [0.1, 0.15) is 298 Å². The summed E-state index contributed by atoms with van der Waals surface area (Å²) in [5, 5.41) is 0. The van der Waals surface area contributed by atoms with Crippen LogP contribution in [-0.4, -0.2) is 64.8 Å². The van der Waals surface area contributed by atoms with E-state index in [9.17, 15) is 0 Å². The third kappa shape index (κ3) is 51.4. The molecule has 0 spiro atoms. The number of ether oxygens (including phenoxy) is 7. The minimum atomic E-state index is -0.375. The Morgan fingerprint density at radius 2 is 0.522 bits per heavy atom. The van der Waals surface area contributed by atoms with E-state index < -0.39 is 0 Å². The van der Waals surface area contributed by atoms with Crippen LogP contribution in [0.25, 0.3) is 0 Å². The first kappa shape index (κ1) is 66.2. The van der Waals surface area contributed by atoms with Gasteiger partial charge in [-0.25, -0.2) is 0 Å². The van der Waals surface area contributed by atoms with E-state index in [1.165, 1.54) is 193 Å². The van der Waals surface area contributed by atoms with Crippen molar-refractivity contribution in [3.05, 3.63) is 24.3 Å². The maximum absolute atomic E-state index is 6.35. The van der Waals surface area contributed by atoms with Crippen LogP contribution < -0.4 is 0 Å². The van der Waals surface area contributed by atoms with Gasteiger partial charge in [-0.1, -0.05) is 221 Å². The molecule has 0 N–H and O–H groups in total. The van der Waals surface area contributed by atoms with Gasteiger partial charge in [0.25, 0.3) is 0 Å². The molecule has 0 aromatic carbocycles. The summed E-state index contributed by atoms with van der Waals surface area (Å²) in [6.07, 6.45) is 57.5. The van der Waals surface area contributed by atoms with Crippen molar-refractivity contribution >= 4 is 0 Å². The SMILES string of the molecule is CCCCCCOC(CCCCCCCCCCCC=CC(OCCC)OC(C=CCCCCCCCCCCCC(OCCCCCC)OCCCCCC)OCCC)OCCCCCC. The molecule has 0 rings (SSSR count). The average Bonchev–Trinajstić information content (AvgIpc) is 3.34. The van der Waals surface area contributed by atoms with Gasteiger partial charge < -0.3 is 33.2 Å². The van der Waals surface area contributed by atoms with E-state index in [0.29, 0.717) is 13.2 Å². The molecule has 0 saturated heterocycles. The lowest BCUT2D eigenvalue weighted by Gasteiger charge is -2.21. The zero-order chi connectivity index (χ0) is 48.6. The van der Waals surface area contributed by atoms with Crippen LogP contribution >= 0.6 is 0 Å². The van der Waals surface area contributed by atoms with Crippen molar-refractivity contribution in [3.8, 4) is 0 Å². The number of hydrogen-bond donors (Lipinski definition) is 0. The predicted molar refractivity (Wildman–Crippen MR) is 289 cm³/mol. The Labute approximate surface area is 419 Å². The fourth-order valence-electron chi connectivity index (χ4n) is 8.32. The molecule has 0 aliphatic heterocycles. The summed E-state index contributed by atoms with van der Waals surface area (Å²) in [6.45, 7) is 18.1. The van der Waals surface area contributed by atoms with Crippen LogP contribution in [0.3, 0.4) is 0 Å². The Morgan fingerprint density at radius 3 is 0.806 bits per heavy atom. The molecular formula is C60H118O7. The fraction of sp³-hybridized carbons (Fsp3) is 0.933. The van der Waals surface area contributed by atoms with Crippen molar-refractivity contribution < 1.29 is 33.2 Å². The van der Waals surface area contributed by atoms with Crippen LogP contribution in [0.2, 0.25) is 0 Å². The molecule has 0 aliphatic rings. The highest BCUT2D eigenvalue weighted by Crippen LogP contribution is 2.18. The first-order valence-electron chi connectivity index (χ1n) is 29.8. The summed E-state index contributed by atoms with van der Waals surface area (Å²) in [5.41, 5.74) is 0. The van der Waals surface area contributed by atoms with Crippen molar-refractivity contribution in [1.29, 1.82) is 0 Å². The topological polar surface area (TPSA) is 64.6 Å². The summed E-state index contributed by atoms with van der Waals surface area (Å²) in [6, 6.07) is 0. The second-order valence-electron chi connectivity index (χ2n) is 19.6. The summed E-state index contributed by atoms with van der Waals surface area (Å²) >= 11 is 0. The van der Waals surface area contributed by atoms with Crippen molar-refractivity contribution in [2.24, 2.45) is 0 Å². The second-order valence-corrected chi connectivity index (χ2v) is 19.6. The Kier molecular flexibility index (Phi) is 57.1. The first-order valence-corrected chi connectivity index (χ1v) is 29.8. The zero-order valence-corrected chi connectivity index (χ0v) is 46.0. The summed E-state index contributed by atoms with van der Waals surface area (Å²) in [7, 11) is 0. The van der Waals surface area contributed by atoms with Gasteiger partial charge in [0, 0.05) is 39.6 Å². The van der Waals surface area contributed by atoms with Gasteiger partial charge in [0.2, 0.25) is 0 Å². The molecule has 7 heteroatoms. The molecule has 0 fully saturated rings. The van der Waals surface area contributed by atoms with Crippen LogP contribution in [0.4, 0.5) is 0 Å². The summed E-state index contributed by atoms with van der Waals surface area (Å²) < 4.78 is 43.2. The van der Waals surface area contributed by atoms with Crippen LogP contribution in [0, 0.1) is 0 Å². The van der Waals surface area contributed by atoms with Gasteiger partial charge in [0.15, 0.2) is 25.2 Å². The standard InChI is InChI=1S/C60H118O7/c1-7-13-17-43-53-63-57(64-54-44-18-14-8-2)47-39-35-31-27-23-21-25-29-33-37-41-49-59(61-51-11-5)67-60(62-52-12-6)50-42-38-34-30-26-22-24-28-32-36-40-48-58(65-55-45-19-15-9-3)66-56-46-20-16-10-4/h41-42,49-50,57-60H,7-40,43-48,51-56H2,1-6H3. The Bertz CT molecular complexity index is 857. The van der Waals surface area contributed by atoms with E-state index in [2.05, 4.69) is 65.8 Å². The minimum Gasteiger partial charge on any atom is -0.353 e. The van der Waals surface area contributed by atoms with Gasteiger partial charge in [-0.3, -0.25) is 0 Å². The maximum Gasteiger partial charge on any atom is 0.180 e. The lowest BCUT2D eigenvalue weighted by Crippen LogP contribution is -2.25. The Balaban J connectivity index is 4.26. The van der Waals surface area contributed by atoms with Crippen LogP contribution in [-0.2, 0) is 33.2 Å². The maximum atomic E-state index is 6.35. The summed E-state index contributed by atoms with van der Waals surface area (Å²) in [5.74, 6) is 0. The van der Waals surface area contributed by atoms with E-state index in [-0.39, 0.29) is 25.2 Å². The van der Waals surface area contributed by atoms with Gasteiger partial charge in [-0.15, -0.1) is 0 Å². The molecule has 0 aromatic heterocycles.